The number of halogens is 1. The summed E-state index contributed by atoms with van der Waals surface area (Å²) >= 11 is 1.30. The molecule has 13 heteroatoms. The number of primary amides is 1. The number of methoxy groups -OCH3 is 1. The standard InChI is InChI=1S/C26H26FN7O4S/c1-37-21-5-2-16(27)11-20(21)33-14-18(13-30-33)34(17-3-4-17)26-31-22(24(28)35)23(39-26)19-10-15(12-29-19)25(36)32-6-8-38-9-7-32/h2,5,10-14,17,29H,3-4,6-9H2,1H3,(H2,28,35). The van der Waals surface area contributed by atoms with Gasteiger partial charge in [-0.25, -0.2) is 14.1 Å². The predicted molar refractivity (Wildman–Crippen MR) is 142 cm³/mol. The minimum absolute atomic E-state index is 0.106. The number of morpholine rings is 1. The smallest absolute Gasteiger partial charge is 0.268 e. The van der Waals surface area contributed by atoms with Crippen LogP contribution in [-0.2, 0) is 4.74 Å². The number of amides is 2. The van der Waals surface area contributed by atoms with Crippen LogP contribution in [0.3, 0.4) is 0 Å². The zero-order valence-corrected chi connectivity index (χ0v) is 21.9. The van der Waals surface area contributed by atoms with E-state index in [1.54, 1.807) is 40.3 Å². The Morgan fingerprint density at radius 1 is 1.26 bits per heavy atom. The summed E-state index contributed by atoms with van der Waals surface area (Å²) in [5, 5.41) is 5.01. The Hall–Kier alpha value is -4.23. The number of anilines is 2. The third kappa shape index (κ3) is 4.86. The average Bonchev–Trinajstić information content (AvgIpc) is 3.32. The lowest BCUT2D eigenvalue weighted by molar-refractivity contribution is 0.0303. The van der Waals surface area contributed by atoms with Crippen LogP contribution in [0, 0.1) is 5.82 Å². The highest BCUT2D eigenvalue weighted by atomic mass is 32.1. The van der Waals surface area contributed by atoms with Gasteiger partial charge in [0.1, 0.15) is 17.3 Å². The number of nitrogens with one attached hydrogen (secondary N) is 1. The van der Waals surface area contributed by atoms with Crippen LogP contribution < -0.4 is 15.4 Å². The van der Waals surface area contributed by atoms with Crippen LogP contribution in [0.1, 0.15) is 33.7 Å². The summed E-state index contributed by atoms with van der Waals surface area (Å²) in [4.78, 5) is 37.4. The maximum Gasteiger partial charge on any atom is 0.268 e. The van der Waals surface area contributed by atoms with Gasteiger partial charge in [-0.15, -0.1) is 0 Å². The number of aromatic nitrogens is 4. The van der Waals surface area contributed by atoms with E-state index in [0.717, 1.165) is 18.5 Å². The molecule has 0 atom stereocenters. The van der Waals surface area contributed by atoms with Crippen LogP contribution in [0.4, 0.5) is 15.2 Å². The molecule has 4 heterocycles. The minimum atomic E-state index is -0.668. The Morgan fingerprint density at radius 3 is 2.77 bits per heavy atom. The van der Waals surface area contributed by atoms with E-state index in [1.165, 1.54) is 30.6 Å². The van der Waals surface area contributed by atoms with Gasteiger partial charge in [0.05, 0.1) is 54.5 Å². The lowest BCUT2D eigenvalue weighted by atomic mass is 10.2. The number of aromatic amines is 1. The first-order valence-corrected chi connectivity index (χ1v) is 13.3. The number of hydrogen-bond acceptors (Lipinski definition) is 8. The predicted octanol–water partition coefficient (Wildman–Crippen LogP) is 3.34. The molecule has 1 aliphatic heterocycles. The molecular weight excluding hydrogens is 525 g/mol. The number of carbonyl (C=O) groups is 2. The van der Waals surface area contributed by atoms with Gasteiger partial charge in [0, 0.05) is 31.4 Å². The van der Waals surface area contributed by atoms with Crippen molar-refractivity contribution in [2.24, 2.45) is 5.73 Å². The first-order chi connectivity index (χ1) is 18.9. The van der Waals surface area contributed by atoms with Gasteiger partial charge in [0.25, 0.3) is 11.8 Å². The van der Waals surface area contributed by atoms with E-state index in [0.29, 0.717) is 59.0 Å². The number of nitrogens with zero attached hydrogens (tertiary/aromatic N) is 5. The van der Waals surface area contributed by atoms with Crippen molar-refractivity contribution < 1.29 is 23.5 Å². The highest BCUT2D eigenvalue weighted by Crippen LogP contribution is 2.43. The van der Waals surface area contributed by atoms with E-state index in [1.807, 2.05) is 4.90 Å². The van der Waals surface area contributed by atoms with Crippen molar-refractivity contribution in [2.45, 2.75) is 18.9 Å². The van der Waals surface area contributed by atoms with E-state index in [2.05, 4.69) is 15.1 Å². The van der Waals surface area contributed by atoms with E-state index < -0.39 is 11.7 Å². The maximum atomic E-state index is 14.0. The third-order valence-electron chi connectivity index (χ3n) is 6.68. The summed E-state index contributed by atoms with van der Waals surface area (Å²) in [6.45, 7) is 2.07. The second-order valence-corrected chi connectivity index (χ2v) is 10.3. The number of rotatable bonds is 8. The Balaban J connectivity index is 1.34. The zero-order chi connectivity index (χ0) is 27.1. The van der Waals surface area contributed by atoms with Gasteiger partial charge in [-0.2, -0.15) is 5.10 Å². The normalized spacial score (nSPS) is 15.4. The van der Waals surface area contributed by atoms with Crippen LogP contribution >= 0.6 is 11.3 Å². The molecule has 2 aliphatic rings. The summed E-state index contributed by atoms with van der Waals surface area (Å²) in [7, 11) is 1.51. The van der Waals surface area contributed by atoms with Crippen molar-refractivity contribution in [3.8, 4) is 22.0 Å². The molecule has 1 aliphatic carbocycles. The highest BCUT2D eigenvalue weighted by molar-refractivity contribution is 7.19. The van der Waals surface area contributed by atoms with Gasteiger partial charge in [-0.05, 0) is 31.0 Å². The molecule has 0 unspecified atom stereocenters. The fourth-order valence-electron chi connectivity index (χ4n) is 4.58. The number of nitrogens with two attached hydrogens (primary N) is 1. The molecule has 3 aromatic heterocycles. The second-order valence-electron chi connectivity index (χ2n) is 9.31. The summed E-state index contributed by atoms with van der Waals surface area (Å²) < 4.78 is 26.3. The molecule has 1 aromatic carbocycles. The molecule has 0 radical (unpaired) electrons. The van der Waals surface area contributed by atoms with Gasteiger partial charge in [0.2, 0.25) is 0 Å². The molecule has 1 saturated carbocycles. The number of thiazole rings is 1. The molecule has 0 spiro atoms. The van der Waals surface area contributed by atoms with Crippen molar-refractivity contribution >= 4 is 34.0 Å². The van der Waals surface area contributed by atoms with E-state index >= 15 is 0 Å². The molecule has 39 heavy (non-hydrogen) atoms. The molecule has 3 N–H and O–H groups in total. The number of H-pyrrole nitrogens is 1. The van der Waals surface area contributed by atoms with E-state index in [9.17, 15) is 14.0 Å². The molecule has 2 amide bonds. The lowest BCUT2D eigenvalue weighted by Crippen LogP contribution is -2.40. The van der Waals surface area contributed by atoms with Crippen LogP contribution in [-0.4, -0.2) is 75.9 Å². The summed E-state index contributed by atoms with van der Waals surface area (Å²) in [5.74, 6) is -0.703. The van der Waals surface area contributed by atoms with Crippen molar-refractivity contribution in [3.63, 3.8) is 0 Å². The van der Waals surface area contributed by atoms with Gasteiger partial charge < -0.3 is 30.0 Å². The Morgan fingerprint density at radius 2 is 2.05 bits per heavy atom. The second kappa shape index (κ2) is 10.2. The van der Waals surface area contributed by atoms with Gasteiger partial charge >= 0.3 is 0 Å². The SMILES string of the molecule is COc1ccc(F)cc1-n1cc(N(c2nc(C(N)=O)c(-c3cc(C(=O)N4CCOCC4)c[nH]3)s2)C2CC2)cn1. The van der Waals surface area contributed by atoms with Crippen molar-refractivity contribution in [1.29, 1.82) is 0 Å². The van der Waals surface area contributed by atoms with Crippen LogP contribution in [0.25, 0.3) is 16.3 Å². The minimum Gasteiger partial charge on any atom is -0.494 e. The molecular formula is C26H26FN7O4S. The topological polar surface area (TPSA) is 132 Å². The Bertz CT molecular complexity index is 1540. The first kappa shape index (κ1) is 25.1. The maximum absolute atomic E-state index is 14.0. The molecule has 2 fully saturated rings. The fourth-order valence-corrected chi connectivity index (χ4v) is 5.72. The van der Waals surface area contributed by atoms with Crippen LogP contribution in [0.15, 0.2) is 42.9 Å². The Labute approximate surface area is 226 Å². The molecule has 0 bridgehead atoms. The fraction of sp³-hybridized carbons (Fsp3) is 0.308. The molecule has 202 valence electrons. The number of carbonyl (C=O) groups excluding carboxylic acids is 2. The largest absolute Gasteiger partial charge is 0.494 e. The number of benzene rings is 1. The monoisotopic (exact) mass is 551 g/mol. The number of ether oxygens (including phenoxy) is 2. The van der Waals surface area contributed by atoms with Crippen molar-refractivity contribution in [1.82, 2.24) is 24.6 Å². The molecule has 6 rings (SSSR count). The summed E-state index contributed by atoms with van der Waals surface area (Å²) in [6.07, 6.45) is 6.95. The molecule has 4 aromatic rings. The van der Waals surface area contributed by atoms with Crippen LogP contribution in [0.5, 0.6) is 5.75 Å². The summed E-state index contributed by atoms with van der Waals surface area (Å²) in [6, 6.07) is 6.11. The molecule has 1 saturated heterocycles. The third-order valence-corrected chi connectivity index (χ3v) is 7.76. The average molecular weight is 552 g/mol. The van der Waals surface area contributed by atoms with Gasteiger partial charge in [0.15, 0.2) is 10.8 Å². The lowest BCUT2D eigenvalue weighted by Gasteiger charge is -2.26. The summed E-state index contributed by atoms with van der Waals surface area (Å²) in [5.41, 5.74) is 8.10. The van der Waals surface area contributed by atoms with Crippen molar-refractivity contribution in [3.05, 3.63) is 59.9 Å². The quantitative estimate of drug-likeness (QED) is 0.343. The van der Waals surface area contributed by atoms with Gasteiger partial charge in [-0.3, -0.25) is 9.59 Å². The highest BCUT2D eigenvalue weighted by Gasteiger charge is 2.35. The zero-order valence-electron chi connectivity index (χ0n) is 21.1. The van der Waals surface area contributed by atoms with E-state index in [4.69, 9.17) is 15.2 Å². The van der Waals surface area contributed by atoms with Gasteiger partial charge in [-0.1, -0.05) is 11.3 Å². The van der Waals surface area contributed by atoms with Crippen molar-refractivity contribution in [2.75, 3.05) is 38.3 Å². The first-order valence-electron chi connectivity index (χ1n) is 12.5. The Kier molecular flexibility index (Phi) is 6.53. The number of hydrogen-bond donors (Lipinski definition) is 2. The molecule has 11 nitrogen and oxygen atoms in total. The van der Waals surface area contributed by atoms with Crippen LogP contribution in [0.2, 0.25) is 0 Å². The van der Waals surface area contributed by atoms with E-state index in [-0.39, 0.29) is 17.6 Å².